The first-order valence-electron chi connectivity index (χ1n) is 11.2. The number of esters is 1. The third-order valence-electron chi connectivity index (χ3n) is 4.99. The van der Waals surface area contributed by atoms with E-state index in [1.54, 1.807) is 31.4 Å². The number of methoxy groups -OCH3 is 2. The van der Waals surface area contributed by atoms with E-state index >= 15 is 0 Å². The molecule has 37 heavy (non-hydrogen) atoms. The predicted molar refractivity (Wildman–Crippen MR) is 132 cm³/mol. The van der Waals surface area contributed by atoms with Gasteiger partial charge in [-0.1, -0.05) is 42.5 Å². The number of anilines is 1. The Balaban J connectivity index is 1.47. The summed E-state index contributed by atoms with van der Waals surface area (Å²) in [7, 11) is 2.80. The molecular formula is C25H27N5O7. The molecule has 0 bridgehead atoms. The molecule has 0 saturated heterocycles. The fraction of sp³-hybridized carbons (Fsp3) is 0.240. The first kappa shape index (κ1) is 26.7. The largest absolute Gasteiger partial charge is 0.497 e. The standard InChI is InChI=1S/C25H27N5O7/c1-35-19-10-8-17(9-11-19)15-30-20(24(33)36-2)12-21(29-30)28-23(32)14-26-22(31)13-27-25(34)37-16-18-6-4-3-5-7-18/h3-12H,13-16H2,1-2H3,(H,26,31)(H,27,34)(H,28,29,32). The number of carbonyl (C=O) groups excluding carboxylic acids is 4. The van der Waals surface area contributed by atoms with Crippen LogP contribution in [-0.2, 0) is 32.2 Å². The highest BCUT2D eigenvalue weighted by molar-refractivity contribution is 5.96. The Bertz CT molecular complexity index is 1230. The van der Waals surface area contributed by atoms with E-state index in [-0.39, 0.29) is 37.8 Å². The number of rotatable bonds is 11. The van der Waals surface area contributed by atoms with Crippen LogP contribution in [0.2, 0.25) is 0 Å². The lowest BCUT2D eigenvalue weighted by Gasteiger charge is -2.08. The molecule has 0 aliphatic carbocycles. The van der Waals surface area contributed by atoms with Crippen LogP contribution in [-0.4, -0.2) is 61.0 Å². The van der Waals surface area contributed by atoms with Gasteiger partial charge in [0.05, 0.1) is 27.3 Å². The number of hydrogen-bond donors (Lipinski definition) is 3. The fourth-order valence-electron chi connectivity index (χ4n) is 3.13. The molecule has 0 aliphatic heterocycles. The van der Waals surface area contributed by atoms with Crippen LogP contribution in [0.15, 0.2) is 60.7 Å². The molecule has 3 N–H and O–H groups in total. The van der Waals surface area contributed by atoms with E-state index in [2.05, 4.69) is 21.0 Å². The molecule has 3 rings (SSSR count). The lowest BCUT2D eigenvalue weighted by molar-refractivity contribution is -0.123. The number of benzene rings is 2. The number of alkyl carbamates (subject to hydrolysis) is 1. The zero-order chi connectivity index (χ0) is 26.6. The van der Waals surface area contributed by atoms with Crippen molar-refractivity contribution < 1.29 is 33.4 Å². The van der Waals surface area contributed by atoms with Crippen molar-refractivity contribution in [3.05, 3.63) is 77.5 Å². The summed E-state index contributed by atoms with van der Waals surface area (Å²) in [5, 5.41) is 11.5. The molecular weight excluding hydrogens is 482 g/mol. The Hall–Kier alpha value is -4.87. The minimum atomic E-state index is -0.763. The van der Waals surface area contributed by atoms with Crippen LogP contribution in [0.4, 0.5) is 10.6 Å². The van der Waals surface area contributed by atoms with E-state index < -0.39 is 23.9 Å². The van der Waals surface area contributed by atoms with Crippen LogP contribution in [0.5, 0.6) is 5.75 Å². The maximum absolute atomic E-state index is 12.3. The second-order valence-electron chi connectivity index (χ2n) is 7.65. The molecule has 0 aliphatic rings. The van der Waals surface area contributed by atoms with E-state index in [1.165, 1.54) is 17.9 Å². The van der Waals surface area contributed by atoms with Crippen LogP contribution in [0.3, 0.4) is 0 Å². The molecule has 0 radical (unpaired) electrons. The normalized spacial score (nSPS) is 10.2. The molecule has 12 nitrogen and oxygen atoms in total. The predicted octanol–water partition coefficient (Wildman–Crippen LogP) is 1.71. The van der Waals surface area contributed by atoms with Crippen molar-refractivity contribution in [3.8, 4) is 5.75 Å². The molecule has 2 aromatic carbocycles. The Morgan fingerprint density at radius 3 is 2.24 bits per heavy atom. The second kappa shape index (κ2) is 13.3. The quantitative estimate of drug-likeness (QED) is 0.331. The van der Waals surface area contributed by atoms with Crippen LogP contribution < -0.4 is 20.7 Å². The first-order chi connectivity index (χ1) is 17.9. The molecule has 3 amide bonds. The summed E-state index contributed by atoms with van der Waals surface area (Å²) in [6.07, 6.45) is -0.763. The third-order valence-corrected chi connectivity index (χ3v) is 4.99. The van der Waals surface area contributed by atoms with Crippen LogP contribution in [0, 0.1) is 0 Å². The Morgan fingerprint density at radius 1 is 0.865 bits per heavy atom. The van der Waals surface area contributed by atoms with Gasteiger partial charge >= 0.3 is 12.1 Å². The van der Waals surface area contributed by atoms with Crippen molar-refractivity contribution in [2.45, 2.75) is 13.2 Å². The highest BCUT2D eigenvalue weighted by Gasteiger charge is 2.18. The number of aromatic nitrogens is 2. The topological polar surface area (TPSA) is 150 Å². The average Bonchev–Trinajstić information content (AvgIpc) is 3.31. The number of nitrogens with zero attached hydrogens (tertiary/aromatic N) is 2. The van der Waals surface area contributed by atoms with E-state index in [0.29, 0.717) is 5.75 Å². The van der Waals surface area contributed by atoms with Gasteiger partial charge in [-0.3, -0.25) is 14.3 Å². The van der Waals surface area contributed by atoms with Gasteiger partial charge in [-0.25, -0.2) is 9.59 Å². The van der Waals surface area contributed by atoms with Gasteiger partial charge in [0.2, 0.25) is 11.8 Å². The number of nitrogens with one attached hydrogen (secondary N) is 3. The molecule has 0 spiro atoms. The van der Waals surface area contributed by atoms with Gasteiger partial charge in [0.1, 0.15) is 24.6 Å². The maximum Gasteiger partial charge on any atom is 0.407 e. The molecule has 3 aromatic rings. The fourth-order valence-corrected chi connectivity index (χ4v) is 3.13. The molecule has 0 saturated carbocycles. The SMILES string of the molecule is COC(=O)c1cc(NC(=O)CNC(=O)CNC(=O)OCc2ccccc2)nn1Cc1ccc(OC)cc1. The molecule has 0 atom stereocenters. The molecule has 0 unspecified atom stereocenters. The van der Waals surface area contributed by atoms with Crippen LogP contribution >= 0.6 is 0 Å². The smallest absolute Gasteiger partial charge is 0.407 e. The van der Waals surface area contributed by atoms with E-state index in [1.807, 2.05) is 30.3 Å². The number of amides is 3. The molecule has 1 aromatic heterocycles. The van der Waals surface area contributed by atoms with Crippen molar-refractivity contribution >= 4 is 29.7 Å². The number of carbonyl (C=O) groups is 4. The van der Waals surface area contributed by atoms with Gasteiger partial charge in [0.15, 0.2) is 5.82 Å². The first-order valence-corrected chi connectivity index (χ1v) is 11.2. The lowest BCUT2D eigenvalue weighted by Crippen LogP contribution is -2.40. The summed E-state index contributed by atoms with van der Waals surface area (Å²) in [5.41, 5.74) is 1.78. The Kier molecular flexibility index (Phi) is 9.59. The summed E-state index contributed by atoms with van der Waals surface area (Å²) in [5.74, 6) is -1.000. The average molecular weight is 510 g/mol. The number of ether oxygens (including phenoxy) is 3. The monoisotopic (exact) mass is 509 g/mol. The van der Waals surface area contributed by atoms with Gasteiger partial charge in [-0.2, -0.15) is 5.10 Å². The van der Waals surface area contributed by atoms with E-state index in [0.717, 1.165) is 11.1 Å². The minimum absolute atomic E-state index is 0.0649. The summed E-state index contributed by atoms with van der Waals surface area (Å²) in [6, 6.07) is 17.6. The number of hydrogen-bond acceptors (Lipinski definition) is 8. The summed E-state index contributed by atoms with van der Waals surface area (Å²) < 4.78 is 16.4. The summed E-state index contributed by atoms with van der Waals surface area (Å²) in [6.45, 7) is -0.440. The lowest BCUT2D eigenvalue weighted by atomic mass is 10.2. The second-order valence-corrected chi connectivity index (χ2v) is 7.65. The molecule has 12 heteroatoms. The van der Waals surface area contributed by atoms with E-state index in [4.69, 9.17) is 14.2 Å². The highest BCUT2D eigenvalue weighted by Crippen LogP contribution is 2.16. The van der Waals surface area contributed by atoms with Crippen molar-refractivity contribution in [3.63, 3.8) is 0 Å². The Labute approximate surface area is 212 Å². The Morgan fingerprint density at radius 2 is 1.57 bits per heavy atom. The van der Waals surface area contributed by atoms with Gasteiger partial charge in [0, 0.05) is 6.07 Å². The van der Waals surface area contributed by atoms with Crippen molar-refractivity contribution in [1.82, 2.24) is 20.4 Å². The summed E-state index contributed by atoms with van der Waals surface area (Å²) >= 11 is 0. The van der Waals surface area contributed by atoms with Gasteiger partial charge in [-0.05, 0) is 23.3 Å². The molecule has 1 heterocycles. The van der Waals surface area contributed by atoms with Crippen molar-refractivity contribution in [2.24, 2.45) is 0 Å². The van der Waals surface area contributed by atoms with Gasteiger partial charge in [-0.15, -0.1) is 0 Å². The molecule has 194 valence electrons. The van der Waals surface area contributed by atoms with Crippen molar-refractivity contribution in [1.29, 1.82) is 0 Å². The summed E-state index contributed by atoms with van der Waals surface area (Å²) in [4.78, 5) is 48.2. The molecule has 0 fully saturated rings. The van der Waals surface area contributed by atoms with E-state index in [9.17, 15) is 19.2 Å². The highest BCUT2D eigenvalue weighted by atomic mass is 16.5. The van der Waals surface area contributed by atoms with Crippen molar-refractivity contribution in [2.75, 3.05) is 32.6 Å². The maximum atomic E-state index is 12.3. The van der Waals surface area contributed by atoms with Crippen LogP contribution in [0.25, 0.3) is 0 Å². The van der Waals surface area contributed by atoms with Gasteiger partial charge < -0.3 is 30.2 Å². The third kappa shape index (κ3) is 8.38. The van der Waals surface area contributed by atoms with Crippen LogP contribution in [0.1, 0.15) is 21.6 Å². The minimum Gasteiger partial charge on any atom is -0.497 e. The van der Waals surface area contributed by atoms with Gasteiger partial charge in [0.25, 0.3) is 0 Å². The zero-order valence-corrected chi connectivity index (χ0v) is 20.4. The zero-order valence-electron chi connectivity index (χ0n) is 20.4.